The first-order chi connectivity index (χ1) is 12.2. The van der Waals surface area contributed by atoms with E-state index in [1.807, 2.05) is 0 Å². The second-order valence-corrected chi connectivity index (χ2v) is 5.87. The Morgan fingerprint density at radius 1 is 1.00 bits per heavy atom. The van der Waals surface area contributed by atoms with Gasteiger partial charge >= 0.3 is 11.9 Å². The smallest absolute Gasteiger partial charge is 0.326 e. The summed E-state index contributed by atoms with van der Waals surface area (Å²) in [6, 6.07) is 5.60. The van der Waals surface area contributed by atoms with Crippen molar-refractivity contribution in [3.8, 4) is 0 Å². The molecule has 6 N–H and O–H groups in total. The monoisotopic (exact) mass is 365 g/mol. The van der Waals surface area contributed by atoms with Crippen molar-refractivity contribution < 1.29 is 29.4 Å². The molecule has 0 aliphatic rings. The maximum atomic E-state index is 12.5. The normalized spacial score (nSPS) is 13.9. The average molecular weight is 365 g/mol. The fraction of sp³-hybridized carbons (Fsp3) is 0.412. The predicted molar refractivity (Wildman–Crippen MR) is 92.2 cm³/mol. The maximum absolute atomic E-state index is 12.5. The Morgan fingerprint density at radius 2 is 1.58 bits per heavy atom. The molecule has 0 radical (unpaired) electrons. The summed E-state index contributed by atoms with van der Waals surface area (Å²) in [5.74, 6) is -3.80. The zero-order valence-electron chi connectivity index (χ0n) is 14.3. The largest absolute Gasteiger partial charge is 0.481 e. The summed E-state index contributed by atoms with van der Waals surface area (Å²) in [6.07, 6.45) is -0.543. The highest BCUT2D eigenvalue weighted by molar-refractivity contribution is 5.91. The third kappa shape index (κ3) is 7.31. The lowest BCUT2D eigenvalue weighted by Crippen LogP contribution is -2.54. The van der Waals surface area contributed by atoms with Crippen LogP contribution in [0.3, 0.4) is 0 Å². The quantitative estimate of drug-likeness (QED) is 0.373. The lowest BCUT2D eigenvalue weighted by molar-refractivity contribution is -0.143. The molecule has 0 unspecified atom stereocenters. The van der Waals surface area contributed by atoms with Crippen LogP contribution in [0.2, 0.25) is 0 Å². The summed E-state index contributed by atoms with van der Waals surface area (Å²) in [5.41, 5.74) is 6.26. The van der Waals surface area contributed by atoms with E-state index < -0.39 is 48.3 Å². The molecule has 2 amide bonds. The summed E-state index contributed by atoms with van der Waals surface area (Å²) in [5, 5.41) is 22.6. The Bertz CT molecular complexity index is 647. The molecule has 0 heterocycles. The van der Waals surface area contributed by atoms with Gasteiger partial charge in [0, 0.05) is 12.8 Å². The van der Waals surface area contributed by atoms with Gasteiger partial charge in [-0.2, -0.15) is 0 Å². The number of nitrogens with two attached hydrogens (primary N) is 1. The molecule has 3 atom stereocenters. The van der Waals surface area contributed by atoms with Gasteiger partial charge in [-0.1, -0.05) is 30.3 Å². The van der Waals surface area contributed by atoms with Gasteiger partial charge in [0.15, 0.2) is 0 Å². The van der Waals surface area contributed by atoms with Gasteiger partial charge in [-0.3, -0.25) is 14.4 Å². The van der Waals surface area contributed by atoms with E-state index in [1.54, 1.807) is 30.3 Å². The summed E-state index contributed by atoms with van der Waals surface area (Å²) in [4.78, 5) is 46.2. The number of carbonyl (C=O) groups excluding carboxylic acids is 2. The highest BCUT2D eigenvalue weighted by Gasteiger charge is 2.27. The van der Waals surface area contributed by atoms with Gasteiger partial charge in [-0.05, 0) is 18.9 Å². The summed E-state index contributed by atoms with van der Waals surface area (Å²) in [7, 11) is 0. The van der Waals surface area contributed by atoms with Crippen LogP contribution < -0.4 is 16.4 Å². The number of rotatable bonds is 10. The predicted octanol–water partition coefficient (Wildman–Crippen LogP) is -0.505. The topological polar surface area (TPSA) is 159 Å². The molecule has 9 heteroatoms. The molecular formula is C17H23N3O6. The molecule has 0 saturated carbocycles. The molecule has 26 heavy (non-hydrogen) atoms. The van der Waals surface area contributed by atoms with Gasteiger partial charge < -0.3 is 26.6 Å². The molecule has 1 aromatic carbocycles. The van der Waals surface area contributed by atoms with Crippen LogP contribution in [0.4, 0.5) is 0 Å². The molecule has 1 rings (SSSR count). The Balaban J connectivity index is 2.88. The standard InChI is InChI=1S/C17H23N3O6/c1-10(18)15(23)20-13(9-11-5-3-2-4-6-11)16(24)19-12(17(25)26)7-8-14(21)22/h2-6,10,12-13H,7-9,18H2,1H3,(H,19,24)(H,20,23)(H,21,22)(H,25,26)/t10-,12-,13-/m0/s1. The Kier molecular flexibility index (Phi) is 8.23. The fourth-order valence-electron chi connectivity index (χ4n) is 2.16. The van der Waals surface area contributed by atoms with Crippen molar-refractivity contribution in [2.75, 3.05) is 0 Å². The van der Waals surface area contributed by atoms with Crippen molar-refractivity contribution in [1.29, 1.82) is 0 Å². The summed E-state index contributed by atoms with van der Waals surface area (Å²) < 4.78 is 0. The molecule has 0 bridgehead atoms. The van der Waals surface area contributed by atoms with Gasteiger partial charge in [-0.25, -0.2) is 4.79 Å². The summed E-state index contributed by atoms with van der Waals surface area (Å²) >= 11 is 0. The van der Waals surface area contributed by atoms with E-state index in [4.69, 9.17) is 15.9 Å². The van der Waals surface area contributed by atoms with Crippen molar-refractivity contribution in [1.82, 2.24) is 10.6 Å². The minimum atomic E-state index is -1.37. The van der Waals surface area contributed by atoms with E-state index in [1.165, 1.54) is 6.92 Å². The molecule has 1 aromatic rings. The number of aliphatic carboxylic acids is 2. The average Bonchev–Trinajstić information content (AvgIpc) is 2.58. The van der Waals surface area contributed by atoms with Crippen LogP contribution in [0.25, 0.3) is 0 Å². The number of amides is 2. The van der Waals surface area contributed by atoms with Gasteiger partial charge in [0.05, 0.1) is 6.04 Å². The Hall–Kier alpha value is -2.94. The van der Waals surface area contributed by atoms with Crippen LogP contribution in [-0.2, 0) is 25.6 Å². The third-order valence-electron chi connectivity index (χ3n) is 3.59. The molecule has 9 nitrogen and oxygen atoms in total. The van der Waals surface area contributed by atoms with E-state index in [9.17, 15) is 19.2 Å². The number of nitrogens with one attached hydrogen (secondary N) is 2. The first kappa shape index (κ1) is 21.1. The highest BCUT2D eigenvalue weighted by atomic mass is 16.4. The van der Waals surface area contributed by atoms with Crippen LogP contribution in [0.15, 0.2) is 30.3 Å². The molecule has 0 spiro atoms. The zero-order chi connectivity index (χ0) is 19.7. The first-order valence-corrected chi connectivity index (χ1v) is 8.05. The van der Waals surface area contributed by atoms with E-state index in [-0.39, 0.29) is 12.8 Å². The van der Waals surface area contributed by atoms with Crippen LogP contribution in [0.1, 0.15) is 25.3 Å². The van der Waals surface area contributed by atoms with Crippen LogP contribution in [0.5, 0.6) is 0 Å². The van der Waals surface area contributed by atoms with E-state index >= 15 is 0 Å². The number of hydrogen-bond acceptors (Lipinski definition) is 5. The van der Waals surface area contributed by atoms with Crippen LogP contribution in [0, 0.1) is 0 Å². The molecule has 0 aliphatic heterocycles. The highest BCUT2D eigenvalue weighted by Crippen LogP contribution is 2.06. The number of benzene rings is 1. The van der Waals surface area contributed by atoms with Crippen molar-refractivity contribution in [3.05, 3.63) is 35.9 Å². The number of carboxylic acid groups (broad SMARTS) is 2. The molecule has 0 fully saturated rings. The Morgan fingerprint density at radius 3 is 2.08 bits per heavy atom. The van der Waals surface area contributed by atoms with Gasteiger partial charge in [0.2, 0.25) is 11.8 Å². The number of carboxylic acids is 2. The molecule has 0 aromatic heterocycles. The van der Waals surface area contributed by atoms with Crippen molar-refractivity contribution in [2.24, 2.45) is 5.73 Å². The second-order valence-electron chi connectivity index (χ2n) is 5.87. The van der Waals surface area contributed by atoms with E-state index in [0.717, 1.165) is 5.56 Å². The van der Waals surface area contributed by atoms with Crippen molar-refractivity contribution >= 4 is 23.8 Å². The SMILES string of the molecule is C[C@H](N)C(=O)N[C@@H](Cc1ccccc1)C(=O)N[C@@H](CCC(=O)O)C(=O)O. The lowest BCUT2D eigenvalue weighted by atomic mass is 10.0. The van der Waals surface area contributed by atoms with E-state index in [2.05, 4.69) is 10.6 Å². The maximum Gasteiger partial charge on any atom is 0.326 e. The summed E-state index contributed by atoms with van der Waals surface area (Å²) in [6.45, 7) is 1.46. The van der Waals surface area contributed by atoms with Crippen molar-refractivity contribution in [3.63, 3.8) is 0 Å². The second kappa shape index (κ2) is 10.1. The third-order valence-corrected chi connectivity index (χ3v) is 3.59. The lowest BCUT2D eigenvalue weighted by Gasteiger charge is -2.22. The van der Waals surface area contributed by atoms with Crippen LogP contribution >= 0.6 is 0 Å². The minimum Gasteiger partial charge on any atom is -0.481 e. The van der Waals surface area contributed by atoms with Crippen molar-refractivity contribution in [2.45, 2.75) is 44.3 Å². The van der Waals surface area contributed by atoms with Gasteiger partial charge in [-0.15, -0.1) is 0 Å². The number of carbonyl (C=O) groups is 4. The number of hydrogen-bond donors (Lipinski definition) is 5. The van der Waals surface area contributed by atoms with Crippen LogP contribution in [-0.4, -0.2) is 52.1 Å². The van der Waals surface area contributed by atoms with E-state index in [0.29, 0.717) is 0 Å². The zero-order valence-corrected chi connectivity index (χ0v) is 14.3. The molecule has 0 saturated heterocycles. The first-order valence-electron chi connectivity index (χ1n) is 8.05. The van der Waals surface area contributed by atoms with Gasteiger partial charge in [0.25, 0.3) is 0 Å². The molecular weight excluding hydrogens is 342 g/mol. The van der Waals surface area contributed by atoms with Gasteiger partial charge in [0.1, 0.15) is 12.1 Å². The molecule has 142 valence electrons. The minimum absolute atomic E-state index is 0.135. The Labute approximate surface area is 150 Å². The fourth-order valence-corrected chi connectivity index (χ4v) is 2.16. The molecule has 0 aliphatic carbocycles.